The summed E-state index contributed by atoms with van der Waals surface area (Å²) < 4.78 is 33.0. The lowest BCUT2D eigenvalue weighted by molar-refractivity contribution is -0.161. The zero-order valence-electron chi connectivity index (χ0n) is 44.0. The van der Waals surface area contributed by atoms with Crippen LogP contribution in [0.4, 0.5) is 0 Å². The average Bonchev–Trinajstić information content (AvgIpc) is 3.34. The molecule has 0 spiro atoms. The van der Waals surface area contributed by atoms with Crippen LogP contribution in [0.3, 0.4) is 0 Å². The second-order valence-corrected chi connectivity index (χ2v) is 19.5. The summed E-state index contributed by atoms with van der Waals surface area (Å²) >= 11 is 0. The number of hydrogen-bond acceptors (Lipinski definition) is 8. The van der Waals surface area contributed by atoms with E-state index >= 15 is 0 Å². The third-order valence-corrected chi connectivity index (χ3v) is 12.5. The maximum Gasteiger partial charge on any atom is 0.472 e. The molecule has 3 N–H and O–H groups in total. The second-order valence-electron chi connectivity index (χ2n) is 18.1. The van der Waals surface area contributed by atoms with E-state index < -0.39 is 26.5 Å². The topological polar surface area (TPSA) is 134 Å². The summed E-state index contributed by atoms with van der Waals surface area (Å²) in [5.74, 6) is -0.837. The standard InChI is InChI=1S/C59H102NO8P/c1-3-5-7-9-11-13-15-17-19-20-21-22-23-24-25-26-27-28-29-30-31-32-33-34-35-36-38-40-42-44-46-48-50-52-59(62)68-57(56-67-69(63,64)66-54-53-60)55-65-58(61)51-49-47-45-43-41-39-37-18-16-14-12-10-8-6-4-2/h5,7,11,13,17,19,21-22,24-25,27-28,30-31,33-34,57H,3-4,6,8-10,12,14-16,18,20,23,26,29,32,35-56,60H2,1-2H3,(H,63,64)/b7-5-,13-11-,19-17-,22-21-,25-24-,28-27-,31-30-,34-33-. The Labute approximate surface area is 423 Å². The number of phosphoric ester groups is 1. The fourth-order valence-electron chi connectivity index (χ4n) is 7.42. The van der Waals surface area contributed by atoms with Gasteiger partial charge in [-0.25, -0.2) is 4.57 Å². The Balaban J connectivity index is 4.02. The van der Waals surface area contributed by atoms with Gasteiger partial charge in [-0.3, -0.25) is 18.6 Å². The number of carbonyl (C=O) groups is 2. The Hall–Kier alpha value is -3.07. The number of carbonyl (C=O) groups excluding carboxylic acids is 2. The highest BCUT2D eigenvalue weighted by atomic mass is 31.2. The Kier molecular flexibility index (Phi) is 51.9. The van der Waals surface area contributed by atoms with E-state index in [9.17, 15) is 19.0 Å². The lowest BCUT2D eigenvalue weighted by atomic mass is 10.0. The van der Waals surface area contributed by atoms with Crippen LogP contribution in [-0.2, 0) is 32.7 Å². The number of phosphoric acid groups is 1. The number of rotatable bonds is 51. The molecule has 0 saturated carbocycles. The molecule has 0 amide bonds. The lowest BCUT2D eigenvalue weighted by Gasteiger charge is -2.19. The molecule has 0 aliphatic heterocycles. The summed E-state index contributed by atoms with van der Waals surface area (Å²) in [6.45, 7) is 3.62. The van der Waals surface area contributed by atoms with Crippen molar-refractivity contribution in [3.63, 3.8) is 0 Å². The van der Waals surface area contributed by atoms with Crippen molar-refractivity contribution in [3.8, 4) is 0 Å². The van der Waals surface area contributed by atoms with Crippen LogP contribution < -0.4 is 5.73 Å². The fraction of sp³-hybridized carbons (Fsp3) is 0.695. The molecule has 0 aliphatic carbocycles. The van der Waals surface area contributed by atoms with E-state index in [1.807, 2.05) is 0 Å². The van der Waals surface area contributed by atoms with E-state index in [4.69, 9.17) is 24.3 Å². The first kappa shape index (κ1) is 65.9. The Morgan fingerprint density at radius 3 is 1.19 bits per heavy atom. The number of unbranched alkanes of at least 4 members (excludes halogenated alkanes) is 22. The van der Waals surface area contributed by atoms with Crippen molar-refractivity contribution < 1.29 is 37.6 Å². The van der Waals surface area contributed by atoms with Crippen LogP contribution in [0.25, 0.3) is 0 Å². The molecular formula is C59H102NO8P. The summed E-state index contributed by atoms with van der Waals surface area (Å²) in [5, 5.41) is 0. The van der Waals surface area contributed by atoms with Gasteiger partial charge < -0.3 is 20.1 Å². The van der Waals surface area contributed by atoms with Crippen LogP contribution in [0.5, 0.6) is 0 Å². The van der Waals surface area contributed by atoms with E-state index in [0.717, 1.165) is 96.3 Å². The Morgan fingerprint density at radius 1 is 0.449 bits per heavy atom. The number of hydrogen-bond donors (Lipinski definition) is 2. The normalized spacial score (nSPS) is 13.9. The molecule has 0 aliphatic rings. The molecule has 0 rings (SSSR count). The van der Waals surface area contributed by atoms with E-state index in [1.165, 1.54) is 103 Å². The van der Waals surface area contributed by atoms with Gasteiger partial charge in [0.2, 0.25) is 0 Å². The van der Waals surface area contributed by atoms with Gasteiger partial charge in [0.05, 0.1) is 13.2 Å². The zero-order valence-corrected chi connectivity index (χ0v) is 44.9. The number of esters is 2. The van der Waals surface area contributed by atoms with Crippen molar-refractivity contribution in [3.05, 3.63) is 97.2 Å². The Bertz CT molecular complexity index is 1450. The average molecular weight is 984 g/mol. The van der Waals surface area contributed by atoms with Crippen molar-refractivity contribution in [1.29, 1.82) is 0 Å². The Morgan fingerprint density at radius 2 is 0.797 bits per heavy atom. The van der Waals surface area contributed by atoms with Crippen LogP contribution in [-0.4, -0.2) is 49.3 Å². The van der Waals surface area contributed by atoms with Gasteiger partial charge in [-0.2, -0.15) is 0 Å². The van der Waals surface area contributed by atoms with Gasteiger partial charge in [0.15, 0.2) is 6.10 Å². The zero-order chi connectivity index (χ0) is 50.2. The SMILES string of the molecule is CC/C=C\C/C=C\C/C=C\C/C=C\C/C=C\C/C=C\C/C=C\C/C=C\CCCCCCCCCCC(=O)OC(COC(=O)CCCCCCCCCCCCCCCCC)COP(=O)(O)OCCN. The largest absolute Gasteiger partial charge is 0.472 e. The summed E-state index contributed by atoms with van der Waals surface area (Å²) in [7, 11) is -4.39. The maximum absolute atomic E-state index is 12.7. The van der Waals surface area contributed by atoms with Crippen LogP contribution in [0, 0.1) is 0 Å². The quantitative estimate of drug-likeness (QED) is 0.0264. The molecule has 0 heterocycles. The second kappa shape index (κ2) is 54.3. The molecular weight excluding hydrogens is 882 g/mol. The van der Waals surface area contributed by atoms with E-state index in [2.05, 4.69) is 111 Å². The maximum atomic E-state index is 12.7. The van der Waals surface area contributed by atoms with E-state index in [0.29, 0.717) is 6.42 Å². The molecule has 396 valence electrons. The van der Waals surface area contributed by atoms with Gasteiger partial charge in [0, 0.05) is 19.4 Å². The molecule has 0 fully saturated rings. The highest BCUT2D eigenvalue weighted by molar-refractivity contribution is 7.47. The van der Waals surface area contributed by atoms with Gasteiger partial charge in [-0.1, -0.05) is 239 Å². The monoisotopic (exact) mass is 984 g/mol. The van der Waals surface area contributed by atoms with E-state index in [-0.39, 0.29) is 38.6 Å². The molecule has 0 aromatic carbocycles. The number of nitrogens with two attached hydrogens (primary N) is 1. The summed E-state index contributed by atoms with van der Waals surface area (Å²) in [6, 6.07) is 0. The van der Waals surface area contributed by atoms with Crippen LogP contribution in [0.1, 0.15) is 232 Å². The molecule has 10 heteroatoms. The molecule has 0 bridgehead atoms. The minimum atomic E-state index is -4.39. The minimum absolute atomic E-state index is 0.0487. The van der Waals surface area contributed by atoms with Crippen LogP contribution in [0.2, 0.25) is 0 Å². The predicted molar refractivity (Wildman–Crippen MR) is 293 cm³/mol. The first-order valence-electron chi connectivity index (χ1n) is 27.7. The van der Waals surface area contributed by atoms with Crippen molar-refractivity contribution in [2.75, 3.05) is 26.4 Å². The fourth-order valence-corrected chi connectivity index (χ4v) is 8.18. The van der Waals surface area contributed by atoms with Gasteiger partial charge >= 0.3 is 19.8 Å². The molecule has 9 nitrogen and oxygen atoms in total. The van der Waals surface area contributed by atoms with Crippen molar-refractivity contribution in [2.24, 2.45) is 5.73 Å². The first-order valence-corrected chi connectivity index (χ1v) is 29.2. The summed E-state index contributed by atoms with van der Waals surface area (Å²) in [6.07, 6.45) is 71.7. The third kappa shape index (κ3) is 54.1. The van der Waals surface area contributed by atoms with Gasteiger partial charge in [-0.05, 0) is 77.0 Å². The minimum Gasteiger partial charge on any atom is -0.462 e. The molecule has 0 saturated heterocycles. The summed E-state index contributed by atoms with van der Waals surface area (Å²) in [4.78, 5) is 35.1. The summed E-state index contributed by atoms with van der Waals surface area (Å²) in [5.41, 5.74) is 5.37. The predicted octanol–water partition coefficient (Wildman–Crippen LogP) is 17.3. The lowest BCUT2D eigenvalue weighted by Crippen LogP contribution is -2.29. The van der Waals surface area contributed by atoms with Crippen molar-refractivity contribution in [2.45, 2.75) is 238 Å². The molecule has 0 aromatic heterocycles. The molecule has 2 unspecified atom stereocenters. The van der Waals surface area contributed by atoms with Gasteiger partial charge in [0.1, 0.15) is 6.61 Å². The van der Waals surface area contributed by atoms with Crippen molar-refractivity contribution >= 4 is 19.8 Å². The van der Waals surface area contributed by atoms with Crippen LogP contribution in [0.15, 0.2) is 97.2 Å². The number of allylic oxidation sites excluding steroid dienone is 16. The first-order chi connectivity index (χ1) is 33.8. The molecule has 69 heavy (non-hydrogen) atoms. The highest BCUT2D eigenvalue weighted by Crippen LogP contribution is 2.43. The highest BCUT2D eigenvalue weighted by Gasteiger charge is 2.26. The number of ether oxygens (including phenoxy) is 2. The van der Waals surface area contributed by atoms with Gasteiger partial charge in [0.25, 0.3) is 0 Å². The molecule has 2 atom stereocenters. The smallest absolute Gasteiger partial charge is 0.462 e. The molecule has 0 aromatic rings. The van der Waals surface area contributed by atoms with Gasteiger partial charge in [-0.15, -0.1) is 0 Å². The van der Waals surface area contributed by atoms with Crippen molar-refractivity contribution in [1.82, 2.24) is 0 Å². The van der Waals surface area contributed by atoms with E-state index in [1.54, 1.807) is 0 Å². The third-order valence-electron chi connectivity index (χ3n) is 11.5. The van der Waals surface area contributed by atoms with Crippen LogP contribution >= 0.6 is 7.82 Å². The molecule has 0 radical (unpaired) electrons.